The summed E-state index contributed by atoms with van der Waals surface area (Å²) in [5, 5.41) is 3.60. The standard InChI is InChI=1S/C16H32N2O/c1-4-16(2,18-11-5-6-12-18)15(17-3)10-9-14-8-7-13-19-14/h14-15,17H,4-13H2,1-3H3. The summed E-state index contributed by atoms with van der Waals surface area (Å²) in [5.74, 6) is 0. The van der Waals surface area contributed by atoms with Gasteiger partial charge in [0.05, 0.1) is 6.10 Å². The molecule has 3 unspecified atom stereocenters. The number of hydrogen-bond acceptors (Lipinski definition) is 3. The first-order valence-electron chi connectivity index (χ1n) is 8.24. The minimum Gasteiger partial charge on any atom is -0.378 e. The molecule has 0 amide bonds. The van der Waals surface area contributed by atoms with E-state index in [9.17, 15) is 0 Å². The first-order valence-corrected chi connectivity index (χ1v) is 8.24. The summed E-state index contributed by atoms with van der Waals surface area (Å²) in [6, 6.07) is 0.583. The third-order valence-corrected chi connectivity index (χ3v) is 5.44. The molecule has 3 atom stereocenters. The lowest BCUT2D eigenvalue weighted by atomic mass is 9.84. The monoisotopic (exact) mass is 268 g/mol. The van der Waals surface area contributed by atoms with E-state index in [0.29, 0.717) is 17.7 Å². The Kier molecular flexibility index (Phi) is 5.67. The highest BCUT2D eigenvalue weighted by molar-refractivity contribution is 4.97. The molecule has 2 fully saturated rings. The highest BCUT2D eigenvalue weighted by Gasteiger charge is 2.38. The van der Waals surface area contributed by atoms with E-state index >= 15 is 0 Å². The fourth-order valence-electron chi connectivity index (χ4n) is 3.91. The smallest absolute Gasteiger partial charge is 0.0576 e. The van der Waals surface area contributed by atoms with Crippen LogP contribution in [0, 0.1) is 0 Å². The average molecular weight is 268 g/mol. The fourth-order valence-corrected chi connectivity index (χ4v) is 3.91. The van der Waals surface area contributed by atoms with Crippen LogP contribution >= 0.6 is 0 Å². The molecule has 0 aromatic heterocycles. The number of hydrogen-bond donors (Lipinski definition) is 1. The van der Waals surface area contributed by atoms with Gasteiger partial charge in [-0.3, -0.25) is 4.90 Å². The summed E-state index contributed by atoms with van der Waals surface area (Å²) < 4.78 is 5.78. The van der Waals surface area contributed by atoms with Crippen molar-refractivity contribution in [1.29, 1.82) is 0 Å². The Morgan fingerprint density at radius 2 is 2.05 bits per heavy atom. The van der Waals surface area contributed by atoms with Crippen LogP contribution in [0.4, 0.5) is 0 Å². The van der Waals surface area contributed by atoms with Gasteiger partial charge in [0, 0.05) is 18.2 Å². The molecule has 0 aromatic carbocycles. The Balaban J connectivity index is 1.92. The molecule has 0 radical (unpaired) electrons. The van der Waals surface area contributed by atoms with Gasteiger partial charge < -0.3 is 10.1 Å². The van der Waals surface area contributed by atoms with Gasteiger partial charge in [-0.25, -0.2) is 0 Å². The van der Waals surface area contributed by atoms with E-state index < -0.39 is 0 Å². The van der Waals surface area contributed by atoms with Crippen LogP contribution in [0.5, 0.6) is 0 Å². The molecular formula is C16H32N2O. The molecule has 3 nitrogen and oxygen atoms in total. The van der Waals surface area contributed by atoms with Crippen LogP contribution in [0.15, 0.2) is 0 Å². The number of likely N-dealkylation sites (tertiary alicyclic amines) is 1. The zero-order valence-electron chi connectivity index (χ0n) is 13.1. The second-order valence-electron chi connectivity index (χ2n) is 6.46. The fraction of sp³-hybridized carbons (Fsp3) is 1.00. The van der Waals surface area contributed by atoms with Crippen molar-refractivity contribution in [3.63, 3.8) is 0 Å². The Labute approximate surface area is 119 Å². The lowest BCUT2D eigenvalue weighted by molar-refractivity contribution is 0.0631. The Morgan fingerprint density at radius 1 is 1.32 bits per heavy atom. The minimum absolute atomic E-state index is 0.309. The predicted octanol–water partition coefficient (Wildman–Crippen LogP) is 2.80. The molecule has 2 heterocycles. The second kappa shape index (κ2) is 7.05. The van der Waals surface area contributed by atoms with Crippen molar-refractivity contribution in [2.24, 2.45) is 0 Å². The lowest BCUT2D eigenvalue weighted by Gasteiger charge is -2.45. The maximum Gasteiger partial charge on any atom is 0.0576 e. The van der Waals surface area contributed by atoms with Gasteiger partial charge in [0.2, 0.25) is 0 Å². The number of rotatable bonds is 7. The number of likely N-dealkylation sites (N-methyl/N-ethyl adjacent to an activating group) is 1. The van der Waals surface area contributed by atoms with E-state index in [1.165, 1.54) is 58.0 Å². The van der Waals surface area contributed by atoms with Crippen LogP contribution in [0.25, 0.3) is 0 Å². The molecule has 0 aromatic rings. The molecule has 0 spiro atoms. The third-order valence-electron chi connectivity index (χ3n) is 5.44. The van der Waals surface area contributed by atoms with Crippen molar-refractivity contribution >= 4 is 0 Å². The Bertz CT molecular complexity index is 259. The summed E-state index contributed by atoms with van der Waals surface area (Å²) >= 11 is 0. The van der Waals surface area contributed by atoms with Crippen LogP contribution in [-0.2, 0) is 4.74 Å². The minimum atomic E-state index is 0.309. The Hall–Kier alpha value is -0.120. The maximum absolute atomic E-state index is 5.78. The maximum atomic E-state index is 5.78. The van der Waals surface area contributed by atoms with Gasteiger partial charge in [-0.05, 0) is 72.0 Å². The van der Waals surface area contributed by atoms with Gasteiger partial charge in [0.25, 0.3) is 0 Å². The number of nitrogens with zero attached hydrogens (tertiary/aromatic N) is 1. The van der Waals surface area contributed by atoms with Gasteiger partial charge in [0.1, 0.15) is 0 Å². The normalized spacial score (nSPS) is 29.5. The van der Waals surface area contributed by atoms with Gasteiger partial charge in [0.15, 0.2) is 0 Å². The molecule has 2 rings (SSSR count). The molecule has 0 bridgehead atoms. The zero-order valence-corrected chi connectivity index (χ0v) is 13.1. The van der Waals surface area contributed by atoms with E-state index in [0.717, 1.165) is 6.61 Å². The van der Waals surface area contributed by atoms with Crippen molar-refractivity contribution in [3.8, 4) is 0 Å². The molecule has 2 saturated heterocycles. The highest BCUT2D eigenvalue weighted by atomic mass is 16.5. The van der Waals surface area contributed by atoms with Crippen molar-refractivity contribution < 1.29 is 4.74 Å². The molecule has 112 valence electrons. The summed E-state index contributed by atoms with van der Waals surface area (Å²) in [4.78, 5) is 2.71. The second-order valence-corrected chi connectivity index (χ2v) is 6.46. The Morgan fingerprint density at radius 3 is 2.58 bits per heavy atom. The molecule has 2 aliphatic heterocycles. The third kappa shape index (κ3) is 3.50. The average Bonchev–Trinajstić information content (AvgIpc) is 3.12. The van der Waals surface area contributed by atoms with Gasteiger partial charge in [-0.1, -0.05) is 6.92 Å². The van der Waals surface area contributed by atoms with Crippen LogP contribution in [0.2, 0.25) is 0 Å². The number of ether oxygens (including phenoxy) is 1. The van der Waals surface area contributed by atoms with Crippen molar-refractivity contribution in [2.45, 2.75) is 76.5 Å². The van der Waals surface area contributed by atoms with Crippen LogP contribution in [0.3, 0.4) is 0 Å². The predicted molar refractivity (Wildman–Crippen MR) is 80.6 cm³/mol. The quantitative estimate of drug-likeness (QED) is 0.768. The largest absolute Gasteiger partial charge is 0.378 e. The molecule has 0 aliphatic carbocycles. The summed E-state index contributed by atoms with van der Waals surface area (Å²) in [7, 11) is 2.13. The first kappa shape index (κ1) is 15.3. The summed E-state index contributed by atoms with van der Waals surface area (Å²) in [6.45, 7) is 8.33. The van der Waals surface area contributed by atoms with E-state index in [1.54, 1.807) is 0 Å². The van der Waals surface area contributed by atoms with Crippen LogP contribution in [-0.4, -0.2) is 49.3 Å². The van der Waals surface area contributed by atoms with Crippen molar-refractivity contribution in [3.05, 3.63) is 0 Å². The van der Waals surface area contributed by atoms with E-state index in [-0.39, 0.29) is 0 Å². The van der Waals surface area contributed by atoms with Crippen LogP contribution in [0.1, 0.15) is 58.8 Å². The van der Waals surface area contributed by atoms with Crippen molar-refractivity contribution in [2.75, 3.05) is 26.7 Å². The highest BCUT2D eigenvalue weighted by Crippen LogP contribution is 2.31. The number of nitrogens with one attached hydrogen (secondary N) is 1. The molecular weight excluding hydrogens is 236 g/mol. The van der Waals surface area contributed by atoms with Crippen molar-refractivity contribution in [1.82, 2.24) is 10.2 Å². The SMILES string of the molecule is CCC(C)(C(CCC1CCCO1)NC)N1CCCC1. The lowest BCUT2D eigenvalue weighted by Crippen LogP contribution is -2.57. The van der Waals surface area contributed by atoms with E-state index in [1.807, 2.05) is 0 Å². The van der Waals surface area contributed by atoms with E-state index in [2.05, 4.69) is 31.1 Å². The first-order chi connectivity index (χ1) is 9.20. The summed E-state index contributed by atoms with van der Waals surface area (Å²) in [6.07, 6.45) is 9.47. The molecule has 2 aliphatic rings. The van der Waals surface area contributed by atoms with Crippen LogP contribution < -0.4 is 5.32 Å². The van der Waals surface area contributed by atoms with E-state index in [4.69, 9.17) is 4.74 Å². The van der Waals surface area contributed by atoms with Gasteiger partial charge in [-0.15, -0.1) is 0 Å². The molecule has 0 saturated carbocycles. The molecule has 1 N–H and O–H groups in total. The van der Waals surface area contributed by atoms with Gasteiger partial charge >= 0.3 is 0 Å². The summed E-state index contributed by atoms with van der Waals surface area (Å²) in [5.41, 5.74) is 0.309. The topological polar surface area (TPSA) is 24.5 Å². The molecule has 3 heteroatoms. The van der Waals surface area contributed by atoms with Gasteiger partial charge in [-0.2, -0.15) is 0 Å². The molecule has 19 heavy (non-hydrogen) atoms. The zero-order chi connectivity index (χ0) is 13.7.